The van der Waals surface area contributed by atoms with E-state index in [0.29, 0.717) is 0 Å². The highest BCUT2D eigenvalue weighted by Gasteiger charge is 2.22. The number of nitrogen functional groups attached to an aromatic ring is 1. The summed E-state index contributed by atoms with van der Waals surface area (Å²) in [6.07, 6.45) is 5.15. The van der Waals surface area contributed by atoms with Gasteiger partial charge in [0, 0.05) is 12.7 Å². The molecule has 0 amide bonds. The molecule has 3 heteroatoms. The lowest BCUT2D eigenvalue weighted by atomic mass is 9.91. The van der Waals surface area contributed by atoms with Crippen molar-refractivity contribution in [2.75, 3.05) is 19.9 Å². The summed E-state index contributed by atoms with van der Waals surface area (Å²) in [5.41, 5.74) is 11.9. The molecule has 1 atom stereocenters. The summed E-state index contributed by atoms with van der Waals surface area (Å²) in [4.78, 5) is 2.24. The van der Waals surface area contributed by atoms with Gasteiger partial charge in [0.05, 0.1) is 13.2 Å². The van der Waals surface area contributed by atoms with E-state index in [1.807, 2.05) is 13.0 Å². The number of nitrogens with two attached hydrogens (primary N) is 1. The number of ether oxygens (including phenoxy) is 1. The molecule has 0 radical (unpaired) electrons. The number of anilines is 1. The van der Waals surface area contributed by atoms with Gasteiger partial charge in [-0.3, -0.25) is 0 Å². The molecule has 0 aromatic heterocycles. The molecule has 2 N–H and O–H groups in total. The fraction of sp³-hybridized carbons (Fsp3) is 0.263. The molecule has 0 fully saturated rings. The van der Waals surface area contributed by atoms with Gasteiger partial charge in [0.15, 0.2) is 0 Å². The maximum absolute atomic E-state index is 6.24. The predicted octanol–water partition coefficient (Wildman–Crippen LogP) is 3.79. The molecule has 1 heterocycles. The van der Waals surface area contributed by atoms with Crippen molar-refractivity contribution in [3.8, 4) is 5.75 Å². The molecule has 1 aliphatic rings. The first-order chi connectivity index (χ1) is 10.6. The minimum absolute atomic E-state index is 0.288. The Morgan fingerprint density at radius 1 is 1.23 bits per heavy atom. The highest BCUT2D eigenvalue weighted by Crippen LogP contribution is 2.34. The van der Waals surface area contributed by atoms with Crippen LogP contribution in [0.1, 0.15) is 28.3 Å². The first-order valence-corrected chi connectivity index (χ1v) is 7.52. The molecule has 2 aromatic carbocycles. The topological polar surface area (TPSA) is 38.5 Å². The van der Waals surface area contributed by atoms with E-state index in [4.69, 9.17) is 10.5 Å². The summed E-state index contributed by atoms with van der Waals surface area (Å²) in [5, 5.41) is 0. The number of nitrogens with zero attached hydrogens (tertiary/aromatic N) is 1. The van der Waals surface area contributed by atoms with Crippen molar-refractivity contribution in [1.82, 2.24) is 4.90 Å². The molecule has 0 saturated heterocycles. The fourth-order valence-electron chi connectivity index (χ4n) is 3.10. The summed E-state index contributed by atoms with van der Waals surface area (Å²) in [7, 11) is 3.81. The third kappa shape index (κ3) is 2.54. The summed E-state index contributed by atoms with van der Waals surface area (Å²) in [6, 6.07) is 12.9. The van der Waals surface area contributed by atoms with Crippen molar-refractivity contribution in [2.45, 2.75) is 19.4 Å². The van der Waals surface area contributed by atoms with Crippen LogP contribution in [0.25, 0.3) is 6.08 Å². The summed E-state index contributed by atoms with van der Waals surface area (Å²) < 4.78 is 5.44. The Bertz CT molecular complexity index is 721. The van der Waals surface area contributed by atoms with E-state index in [1.54, 1.807) is 7.11 Å². The molecule has 0 aliphatic carbocycles. The third-order valence-electron chi connectivity index (χ3n) is 4.41. The number of hydrogen-bond donors (Lipinski definition) is 1. The Morgan fingerprint density at radius 3 is 2.77 bits per heavy atom. The van der Waals surface area contributed by atoms with E-state index in [2.05, 4.69) is 54.6 Å². The van der Waals surface area contributed by atoms with Crippen molar-refractivity contribution in [2.24, 2.45) is 0 Å². The number of likely N-dealkylation sites (N-methyl/N-ethyl adjacent to an activating group) is 1. The molecule has 1 unspecified atom stereocenters. The van der Waals surface area contributed by atoms with Crippen LogP contribution in [0.5, 0.6) is 5.75 Å². The van der Waals surface area contributed by atoms with Crippen LogP contribution < -0.4 is 10.5 Å². The van der Waals surface area contributed by atoms with Gasteiger partial charge in [-0.1, -0.05) is 24.3 Å². The van der Waals surface area contributed by atoms with Crippen LogP contribution in [0, 0.1) is 6.92 Å². The Labute approximate surface area is 132 Å². The van der Waals surface area contributed by atoms with Crippen LogP contribution in [0.15, 0.2) is 42.6 Å². The molecule has 0 saturated carbocycles. The lowest BCUT2D eigenvalue weighted by molar-refractivity contribution is 0.331. The quantitative estimate of drug-likeness (QED) is 0.875. The largest absolute Gasteiger partial charge is 0.496 e. The van der Waals surface area contributed by atoms with Crippen molar-refractivity contribution in [3.63, 3.8) is 0 Å². The van der Waals surface area contributed by atoms with E-state index in [1.165, 1.54) is 11.1 Å². The monoisotopic (exact) mass is 294 g/mol. The van der Waals surface area contributed by atoms with Gasteiger partial charge in [0.1, 0.15) is 5.75 Å². The number of rotatable bonds is 3. The number of fused-ring (bicyclic) bond motifs is 1. The van der Waals surface area contributed by atoms with E-state index in [9.17, 15) is 0 Å². The molecule has 0 spiro atoms. The Morgan fingerprint density at radius 2 is 2.00 bits per heavy atom. The molecule has 0 bridgehead atoms. The highest BCUT2D eigenvalue weighted by molar-refractivity contribution is 5.59. The molecule has 1 aliphatic heterocycles. The van der Waals surface area contributed by atoms with Crippen LogP contribution in [0.3, 0.4) is 0 Å². The zero-order chi connectivity index (χ0) is 15.7. The average Bonchev–Trinajstić information content (AvgIpc) is 2.52. The second-order valence-electron chi connectivity index (χ2n) is 5.85. The van der Waals surface area contributed by atoms with Crippen molar-refractivity contribution >= 4 is 11.8 Å². The standard InChI is InChI=1S/C19H22N2O/c1-13-10-17(20)15(12-19(13)22-3)11-18-16-7-5-4-6-14(16)8-9-21(18)2/h4-10,12,18H,11,20H2,1-3H3. The highest BCUT2D eigenvalue weighted by atomic mass is 16.5. The van der Waals surface area contributed by atoms with Crippen LogP contribution >= 0.6 is 0 Å². The predicted molar refractivity (Wildman–Crippen MR) is 91.8 cm³/mol. The molecule has 3 rings (SSSR count). The number of aryl methyl sites for hydroxylation is 1. The molecule has 114 valence electrons. The second kappa shape index (κ2) is 5.76. The van der Waals surface area contributed by atoms with Crippen LogP contribution in [-0.4, -0.2) is 19.1 Å². The minimum atomic E-state index is 0.288. The van der Waals surface area contributed by atoms with Gasteiger partial charge >= 0.3 is 0 Å². The molecule has 3 nitrogen and oxygen atoms in total. The zero-order valence-corrected chi connectivity index (χ0v) is 13.3. The number of benzene rings is 2. The summed E-state index contributed by atoms with van der Waals surface area (Å²) in [6.45, 7) is 2.02. The van der Waals surface area contributed by atoms with Crippen LogP contribution in [-0.2, 0) is 6.42 Å². The first kappa shape index (κ1) is 14.5. The van der Waals surface area contributed by atoms with E-state index in [0.717, 1.165) is 29.0 Å². The van der Waals surface area contributed by atoms with Gasteiger partial charge in [-0.25, -0.2) is 0 Å². The minimum Gasteiger partial charge on any atom is -0.496 e. The zero-order valence-electron chi connectivity index (χ0n) is 13.3. The average molecular weight is 294 g/mol. The lowest BCUT2D eigenvalue weighted by Crippen LogP contribution is -2.24. The lowest BCUT2D eigenvalue weighted by Gasteiger charge is -2.32. The smallest absolute Gasteiger partial charge is 0.122 e. The van der Waals surface area contributed by atoms with Gasteiger partial charge < -0.3 is 15.4 Å². The van der Waals surface area contributed by atoms with Crippen molar-refractivity contribution in [3.05, 3.63) is 64.9 Å². The molecular weight excluding hydrogens is 272 g/mol. The van der Waals surface area contributed by atoms with E-state index in [-0.39, 0.29) is 6.04 Å². The van der Waals surface area contributed by atoms with Gasteiger partial charge in [0.2, 0.25) is 0 Å². The first-order valence-electron chi connectivity index (χ1n) is 7.52. The SMILES string of the molecule is COc1cc(CC2c3ccccc3C=CN2C)c(N)cc1C. The molecule has 22 heavy (non-hydrogen) atoms. The van der Waals surface area contributed by atoms with E-state index >= 15 is 0 Å². The second-order valence-corrected chi connectivity index (χ2v) is 5.85. The molecular formula is C19H22N2O. The number of methoxy groups -OCH3 is 1. The van der Waals surface area contributed by atoms with Gasteiger partial charge in [-0.2, -0.15) is 0 Å². The Hall–Kier alpha value is -2.42. The van der Waals surface area contributed by atoms with Gasteiger partial charge in [-0.15, -0.1) is 0 Å². The van der Waals surface area contributed by atoms with Crippen molar-refractivity contribution in [1.29, 1.82) is 0 Å². The number of hydrogen-bond acceptors (Lipinski definition) is 3. The van der Waals surface area contributed by atoms with Crippen molar-refractivity contribution < 1.29 is 4.74 Å². The maximum Gasteiger partial charge on any atom is 0.122 e. The van der Waals surface area contributed by atoms with Crippen LogP contribution in [0.2, 0.25) is 0 Å². The Kier molecular flexibility index (Phi) is 3.80. The van der Waals surface area contributed by atoms with Gasteiger partial charge in [0.25, 0.3) is 0 Å². The molecule has 2 aromatic rings. The van der Waals surface area contributed by atoms with E-state index < -0.39 is 0 Å². The van der Waals surface area contributed by atoms with Gasteiger partial charge in [-0.05, 0) is 60.0 Å². The third-order valence-corrected chi connectivity index (χ3v) is 4.41. The summed E-state index contributed by atoms with van der Waals surface area (Å²) >= 11 is 0. The maximum atomic E-state index is 6.24. The van der Waals surface area contributed by atoms with Crippen LogP contribution in [0.4, 0.5) is 5.69 Å². The Balaban J connectivity index is 1.98. The fourth-order valence-corrected chi connectivity index (χ4v) is 3.10. The normalized spacial score (nSPS) is 16.5. The summed E-state index contributed by atoms with van der Waals surface area (Å²) in [5.74, 6) is 0.895.